The van der Waals surface area contributed by atoms with Gasteiger partial charge < -0.3 is 23.7 Å². The van der Waals surface area contributed by atoms with Crippen LogP contribution < -0.4 is 24.4 Å². The highest BCUT2D eigenvalue weighted by Crippen LogP contribution is 2.41. The van der Waals surface area contributed by atoms with Crippen LogP contribution >= 0.6 is 22.9 Å². The first-order valence-corrected chi connectivity index (χ1v) is 15.3. The topological polar surface area (TPSA) is 130 Å². The number of aromatic nitrogens is 1. The summed E-state index contributed by atoms with van der Waals surface area (Å²) >= 11 is 7.18. The molecule has 3 heterocycles. The third-order valence-corrected chi connectivity index (χ3v) is 8.93. The molecule has 3 aromatic carbocycles. The number of aromatic carboxylic acids is 1. The van der Waals surface area contributed by atoms with Crippen LogP contribution in [-0.2, 0) is 9.53 Å². The number of hydrogen-bond acceptors (Lipinski definition) is 9. The van der Waals surface area contributed by atoms with Crippen LogP contribution in [0.2, 0.25) is 5.02 Å². The number of carboxylic acid groups (broad SMARTS) is 1. The van der Waals surface area contributed by atoms with E-state index in [2.05, 4.69) is 4.99 Å². The summed E-state index contributed by atoms with van der Waals surface area (Å²) in [7, 11) is 3.10. The van der Waals surface area contributed by atoms with Crippen LogP contribution in [0.25, 0.3) is 28.2 Å². The zero-order valence-electron chi connectivity index (χ0n) is 25.1. The van der Waals surface area contributed by atoms with Gasteiger partial charge in [-0.25, -0.2) is 14.6 Å². The molecule has 1 aliphatic heterocycles. The number of carboxylic acids is 1. The first-order valence-electron chi connectivity index (χ1n) is 14.1. The molecule has 2 aromatic heterocycles. The van der Waals surface area contributed by atoms with Crippen molar-refractivity contribution in [3.05, 3.63) is 114 Å². The molecule has 1 unspecified atom stereocenters. The van der Waals surface area contributed by atoms with Crippen molar-refractivity contribution in [2.45, 2.75) is 19.9 Å². The number of methoxy groups -OCH3 is 2. The largest absolute Gasteiger partial charge is 0.497 e. The molecule has 5 aromatic rings. The molecule has 1 aliphatic rings. The number of ether oxygens (including phenoxy) is 3. The number of hydrogen-bond donors (Lipinski definition) is 1. The minimum atomic E-state index is -1.16. The average Bonchev–Trinajstić information content (AvgIpc) is 3.63. The van der Waals surface area contributed by atoms with E-state index in [1.165, 1.54) is 23.8 Å². The van der Waals surface area contributed by atoms with Gasteiger partial charge >= 0.3 is 11.9 Å². The maximum Gasteiger partial charge on any atom is 0.338 e. The van der Waals surface area contributed by atoms with Crippen molar-refractivity contribution in [1.82, 2.24) is 4.57 Å². The van der Waals surface area contributed by atoms with Gasteiger partial charge in [0.25, 0.3) is 5.56 Å². The average molecular weight is 659 g/mol. The first kappa shape index (κ1) is 30.9. The first-order chi connectivity index (χ1) is 22.1. The Morgan fingerprint density at radius 1 is 1.09 bits per heavy atom. The number of esters is 1. The highest BCUT2D eigenvalue weighted by Gasteiger charge is 2.36. The Hall–Kier alpha value is -5.13. The van der Waals surface area contributed by atoms with Gasteiger partial charge in [-0.05, 0) is 73.2 Å². The molecule has 10 nitrogen and oxygen atoms in total. The number of rotatable bonds is 8. The fourth-order valence-corrected chi connectivity index (χ4v) is 6.74. The van der Waals surface area contributed by atoms with Gasteiger partial charge in [0.1, 0.15) is 29.1 Å². The number of fused-ring (bicyclic) bond motifs is 2. The lowest BCUT2D eigenvalue weighted by atomic mass is 9.90. The van der Waals surface area contributed by atoms with Crippen molar-refractivity contribution < 1.29 is 33.3 Å². The highest BCUT2D eigenvalue weighted by molar-refractivity contribution is 7.07. The van der Waals surface area contributed by atoms with E-state index in [4.69, 9.17) is 30.2 Å². The van der Waals surface area contributed by atoms with E-state index in [1.54, 1.807) is 51.3 Å². The van der Waals surface area contributed by atoms with Crippen molar-refractivity contribution in [1.29, 1.82) is 0 Å². The van der Waals surface area contributed by atoms with Gasteiger partial charge in [0.05, 0.1) is 47.2 Å². The van der Waals surface area contributed by atoms with Crippen molar-refractivity contribution >= 4 is 51.7 Å². The molecular weight excluding hydrogens is 632 g/mol. The lowest BCUT2D eigenvalue weighted by Gasteiger charge is -2.27. The highest BCUT2D eigenvalue weighted by atomic mass is 35.5. The van der Waals surface area contributed by atoms with Crippen molar-refractivity contribution in [3.63, 3.8) is 0 Å². The number of carbonyl (C=O) groups excluding carboxylic acids is 1. The Labute approximate surface area is 271 Å². The monoisotopic (exact) mass is 658 g/mol. The summed E-state index contributed by atoms with van der Waals surface area (Å²) < 4.78 is 24.6. The van der Waals surface area contributed by atoms with E-state index < -0.39 is 23.5 Å². The molecule has 0 aliphatic carbocycles. The normalized spacial score (nSPS) is 14.6. The molecule has 1 N–H and O–H groups in total. The summed E-state index contributed by atoms with van der Waals surface area (Å²) in [5, 5.41) is 11.2. The minimum absolute atomic E-state index is 0.0558. The summed E-state index contributed by atoms with van der Waals surface area (Å²) in [5.41, 5.74) is 1.27. The summed E-state index contributed by atoms with van der Waals surface area (Å²) in [6.45, 7) is 3.56. The third kappa shape index (κ3) is 5.37. The number of carbonyl (C=O) groups is 2. The fourth-order valence-electron chi connectivity index (χ4n) is 5.51. The van der Waals surface area contributed by atoms with Crippen LogP contribution in [-0.4, -0.2) is 42.4 Å². The molecule has 46 heavy (non-hydrogen) atoms. The molecule has 0 amide bonds. The number of halogens is 1. The molecular formula is C34H27ClN2O8S. The van der Waals surface area contributed by atoms with Crippen LogP contribution in [0.1, 0.15) is 41.6 Å². The molecule has 12 heteroatoms. The lowest BCUT2D eigenvalue weighted by molar-refractivity contribution is -0.139. The number of nitrogens with zero attached hydrogens (tertiary/aromatic N) is 2. The van der Waals surface area contributed by atoms with Crippen LogP contribution in [0, 0.1) is 0 Å². The van der Waals surface area contributed by atoms with Crippen LogP contribution in [0.3, 0.4) is 0 Å². The second kappa shape index (κ2) is 12.3. The summed E-state index contributed by atoms with van der Waals surface area (Å²) in [5.74, 6) is 0.0644. The van der Waals surface area contributed by atoms with E-state index in [0.717, 1.165) is 22.1 Å². The predicted octanol–water partition coefficient (Wildman–Crippen LogP) is 5.58. The Kier molecular flexibility index (Phi) is 8.28. The Bertz CT molecular complexity index is 2260. The Balaban J connectivity index is 1.56. The predicted molar refractivity (Wildman–Crippen MR) is 174 cm³/mol. The van der Waals surface area contributed by atoms with Crippen molar-refractivity contribution in [2.24, 2.45) is 4.99 Å². The fraction of sp³-hybridized carbons (Fsp3) is 0.176. The zero-order valence-corrected chi connectivity index (χ0v) is 26.7. The SMILES string of the molecule is CCOC(=O)C1=C(C)N=c2sc(=Cc3ccc(-c4ccc(Cl)c(C(=O)O)c4)o3)c(=O)n2C1c1c(OC)ccc2ccc(OC)cc12. The molecule has 0 saturated heterocycles. The van der Waals surface area contributed by atoms with Gasteiger partial charge in [0, 0.05) is 17.2 Å². The van der Waals surface area contributed by atoms with E-state index in [0.29, 0.717) is 49.2 Å². The van der Waals surface area contributed by atoms with Gasteiger partial charge in [-0.15, -0.1) is 0 Å². The van der Waals surface area contributed by atoms with Crippen LogP contribution in [0.4, 0.5) is 0 Å². The number of allylic oxidation sites excluding steroid dienone is 1. The maximum absolute atomic E-state index is 14.2. The van der Waals surface area contributed by atoms with E-state index in [-0.39, 0.29) is 22.8 Å². The van der Waals surface area contributed by atoms with E-state index >= 15 is 0 Å². The number of furan rings is 1. The van der Waals surface area contributed by atoms with Crippen molar-refractivity contribution in [3.8, 4) is 22.8 Å². The zero-order chi connectivity index (χ0) is 32.7. The third-order valence-electron chi connectivity index (χ3n) is 7.62. The Morgan fingerprint density at radius 2 is 1.87 bits per heavy atom. The van der Waals surface area contributed by atoms with Gasteiger partial charge in [0.2, 0.25) is 0 Å². The van der Waals surface area contributed by atoms with Crippen LogP contribution in [0.15, 0.2) is 86.1 Å². The number of thiazole rings is 1. The summed E-state index contributed by atoms with van der Waals surface area (Å²) in [6.07, 6.45) is 1.59. The second-order valence-corrected chi connectivity index (χ2v) is 11.7. The van der Waals surface area contributed by atoms with Gasteiger partial charge in [-0.1, -0.05) is 35.1 Å². The smallest absolute Gasteiger partial charge is 0.338 e. The molecule has 0 fully saturated rings. The van der Waals surface area contributed by atoms with Gasteiger partial charge in [-0.2, -0.15) is 0 Å². The molecule has 0 bridgehead atoms. The Morgan fingerprint density at radius 3 is 2.59 bits per heavy atom. The quantitative estimate of drug-likeness (QED) is 0.214. The standard InChI is InChI=1S/C34H27ClN2O8S/c1-5-44-33(41)28-17(2)36-34-37(30(28)29-22-15-20(42-3)9-6-18(22)8-12-26(29)43-4)31(38)27(46-34)16-21-10-13-25(45-21)19-7-11-24(35)23(14-19)32(39)40/h6-16,30H,5H2,1-4H3,(H,39,40). The summed E-state index contributed by atoms with van der Waals surface area (Å²) in [4.78, 5) is 44.4. The lowest BCUT2D eigenvalue weighted by Crippen LogP contribution is -2.40. The minimum Gasteiger partial charge on any atom is -0.497 e. The molecule has 0 radical (unpaired) electrons. The van der Waals surface area contributed by atoms with Crippen molar-refractivity contribution in [2.75, 3.05) is 20.8 Å². The van der Waals surface area contributed by atoms with E-state index in [9.17, 15) is 19.5 Å². The van der Waals surface area contributed by atoms with Gasteiger partial charge in [-0.3, -0.25) is 9.36 Å². The number of benzene rings is 3. The molecule has 6 rings (SSSR count). The van der Waals surface area contributed by atoms with Crippen LogP contribution in [0.5, 0.6) is 11.5 Å². The maximum atomic E-state index is 14.2. The molecule has 0 spiro atoms. The second-order valence-electron chi connectivity index (χ2n) is 10.3. The van der Waals surface area contributed by atoms with Gasteiger partial charge in [0.15, 0.2) is 4.80 Å². The molecule has 234 valence electrons. The van der Waals surface area contributed by atoms with E-state index in [1.807, 2.05) is 24.3 Å². The molecule has 1 atom stereocenters. The summed E-state index contributed by atoms with van der Waals surface area (Å²) in [6, 6.07) is 16.3. The molecule has 0 saturated carbocycles.